The zero-order valence-corrected chi connectivity index (χ0v) is 12.7. The molecule has 1 aliphatic heterocycles. The molecule has 21 heavy (non-hydrogen) atoms. The summed E-state index contributed by atoms with van der Waals surface area (Å²) in [5.74, 6) is 0.565. The summed E-state index contributed by atoms with van der Waals surface area (Å²) in [4.78, 5) is 0. The first kappa shape index (κ1) is 16.4. The fourth-order valence-electron chi connectivity index (χ4n) is 2.00. The molecule has 1 fully saturated rings. The van der Waals surface area contributed by atoms with Gasteiger partial charge in [0, 0.05) is 4.47 Å². The molecule has 2 rings (SSSR count). The molecule has 118 valence electrons. The van der Waals surface area contributed by atoms with E-state index in [9.17, 15) is 14.6 Å². The summed E-state index contributed by atoms with van der Waals surface area (Å²) in [5.41, 5.74) is 0. The van der Waals surface area contributed by atoms with E-state index in [0.29, 0.717) is 5.75 Å². The van der Waals surface area contributed by atoms with E-state index < -0.39 is 37.4 Å². The maximum atomic E-state index is 14.0. The smallest absolute Gasteiger partial charge is 0.234 e. The summed E-state index contributed by atoms with van der Waals surface area (Å²) in [6, 6.07) is 4.84. The van der Waals surface area contributed by atoms with E-state index >= 15 is 0 Å². The van der Waals surface area contributed by atoms with Crippen LogP contribution in [0.1, 0.15) is 0 Å². The molecule has 0 spiro atoms. The van der Waals surface area contributed by atoms with Crippen LogP contribution in [0.3, 0.4) is 0 Å². The Morgan fingerprint density at radius 1 is 1.29 bits per heavy atom. The highest BCUT2D eigenvalue weighted by Gasteiger charge is 2.46. The quantitative estimate of drug-likeness (QED) is 0.723. The number of aliphatic hydroxyl groups is 3. The van der Waals surface area contributed by atoms with Crippen molar-refractivity contribution in [2.45, 2.75) is 30.8 Å². The molecule has 0 bridgehead atoms. The van der Waals surface area contributed by atoms with Crippen LogP contribution in [-0.2, 0) is 4.74 Å². The van der Waals surface area contributed by atoms with Crippen LogP contribution in [0, 0.1) is 0 Å². The van der Waals surface area contributed by atoms with Gasteiger partial charge in [-0.1, -0.05) is 15.9 Å². The lowest BCUT2D eigenvalue weighted by atomic mass is 10.0. The maximum Gasteiger partial charge on any atom is 0.234 e. The highest BCUT2D eigenvalue weighted by atomic mass is 79.9. The van der Waals surface area contributed by atoms with E-state index in [1.54, 1.807) is 18.2 Å². The predicted octanol–water partition coefficient (Wildman–Crippen LogP) is 0.614. The number of methoxy groups -OCH3 is 1. The van der Waals surface area contributed by atoms with E-state index in [1.165, 1.54) is 7.11 Å². The number of alkyl halides is 1. The number of ether oxygens (including phenoxy) is 3. The van der Waals surface area contributed by atoms with Gasteiger partial charge in [-0.05, 0) is 18.2 Å². The Hall–Kier alpha value is -0.930. The molecule has 0 saturated carbocycles. The van der Waals surface area contributed by atoms with Crippen LogP contribution in [-0.4, -0.2) is 59.8 Å². The van der Waals surface area contributed by atoms with Gasteiger partial charge in [-0.15, -0.1) is 0 Å². The van der Waals surface area contributed by atoms with Crippen molar-refractivity contribution >= 4 is 15.9 Å². The van der Waals surface area contributed by atoms with Crippen molar-refractivity contribution in [2.24, 2.45) is 0 Å². The van der Waals surface area contributed by atoms with Crippen molar-refractivity contribution < 1.29 is 33.9 Å². The number of rotatable bonds is 4. The Labute approximate surface area is 129 Å². The van der Waals surface area contributed by atoms with Gasteiger partial charge in [0.15, 0.2) is 17.7 Å². The molecule has 1 aromatic rings. The summed E-state index contributed by atoms with van der Waals surface area (Å²) < 4.78 is 30.4. The van der Waals surface area contributed by atoms with Crippen LogP contribution < -0.4 is 9.47 Å². The zero-order chi connectivity index (χ0) is 15.6. The molecule has 1 aromatic carbocycles. The third kappa shape index (κ3) is 3.46. The number of halogens is 2. The van der Waals surface area contributed by atoms with Gasteiger partial charge in [-0.2, -0.15) is 0 Å². The van der Waals surface area contributed by atoms with E-state index in [1.807, 2.05) is 0 Å². The second-order valence-corrected chi connectivity index (χ2v) is 5.48. The third-order valence-electron chi connectivity index (χ3n) is 3.17. The van der Waals surface area contributed by atoms with Crippen molar-refractivity contribution in [3.63, 3.8) is 0 Å². The molecule has 1 aliphatic rings. The monoisotopic (exact) mass is 366 g/mol. The summed E-state index contributed by atoms with van der Waals surface area (Å²) >= 11 is 3.27. The zero-order valence-electron chi connectivity index (χ0n) is 11.1. The fraction of sp³-hybridized carbons (Fsp3) is 0.538. The minimum absolute atomic E-state index is 0.216. The van der Waals surface area contributed by atoms with Gasteiger partial charge in [0.25, 0.3) is 0 Å². The average Bonchev–Trinajstić information content (AvgIpc) is 2.49. The van der Waals surface area contributed by atoms with Crippen molar-refractivity contribution in [2.75, 3.05) is 13.7 Å². The molecule has 3 N–H and O–H groups in total. The summed E-state index contributed by atoms with van der Waals surface area (Å²) in [7, 11) is 1.43. The predicted molar refractivity (Wildman–Crippen MR) is 74.0 cm³/mol. The Morgan fingerprint density at radius 3 is 2.62 bits per heavy atom. The van der Waals surface area contributed by atoms with Gasteiger partial charge in [-0.3, -0.25) is 0 Å². The van der Waals surface area contributed by atoms with E-state index in [-0.39, 0.29) is 5.75 Å². The van der Waals surface area contributed by atoms with Crippen LogP contribution >= 0.6 is 15.9 Å². The lowest BCUT2D eigenvalue weighted by Crippen LogP contribution is -2.58. The first-order valence-electron chi connectivity index (χ1n) is 6.24. The average molecular weight is 367 g/mol. The number of hydrogen-bond donors (Lipinski definition) is 3. The highest BCUT2D eigenvalue weighted by molar-refractivity contribution is 9.10. The number of benzene rings is 1. The molecule has 3 unspecified atom stereocenters. The SMILES string of the molecule is COc1cc(Br)ccc1O[C@H]1OC(CO)[C@@H](O)C(O)C1F. The van der Waals surface area contributed by atoms with Crippen molar-refractivity contribution in [3.05, 3.63) is 22.7 Å². The molecule has 0 aliphatic carbocycles. The molecular formula is C13H16BrFO6. The molecule has 0 radical (unpaired) electrons. The van der Waals surface area contributed by atoms with Crippen LogP contribution in [0.4, 0.5) is 4.39 Å². The largest absolute Gasteiger partial charge is 0.493 e. The molecule has 0 amide bonds. The summed E-state index contributed by atoms with van der Waals surface area (Å²) in [5, 5.41) is 28.3. The third-order valence-corrected chi connectivity index (χ3v) is 3.67. The van der Waals surface area contributed by atoms with Gasteiger partial charge in [-0.25, -0.2) is 4.39 Å². The van der Waals surface area contributed by atoms with Gasteiger partial charge in [0.2, 0.25) is 6.29 Å². The minimum atomic E-state index is -1.96. The Morgan fingerprint density at radius 2 is 2.00 bits per heavy atom. The van der Waals surface area contributed by atoms with Crippen LogP contribution in [0.2, 0.25) is 0 Å². The standard InChI is InChI=1S/C13H16BrFO6/c1-19-8-4-6(14)2-3-7(8)20-13-10(15)12(18)11(17)9(5-16)21-13/h2-4,9-13,16-18H,5H2,1H3/t9?,10?,11-,12?,13+/m1/s1. The lowest BCUT2D eigenvalue weighted by Gasteiger charge is -2.38. The van der Waals surface area contributed by atoms with Crippen molar-refractivity contribution in [1.29, 1.82) is 0 Å². The molecule has 6 nitrogen and oxygen atoms in total. The van der Waals surface area contributed by atoms with E-state index in [4.69, 9.17) is 19.3 Å². The second kappa shape index (κ2) is 6.89. The first-order valence-corrected chi connectivity index (χ1v) is 7.04. The Bertz CT molecular complexity index is 486. The van der Waals surface area contributed by atoms with E-state index in [2.05, 4.69) is 15.9 Å². The Kier molecular flexibility index (Phi) is 5.39. The number of aliphatic hydroxyl groups excluding tert-OH is 3. The normalized spacial score (nSPS) is 32.8. The topological polar surface area (TPSA) is 88.4 Å². The maximum absolute atomic E-state index is 14.0. The summed E-state index contributed by atoms with van der Waals surface area (Å²) in [6.45, 7) is -0.567. The molecule has 8 heteroatoms. The molecule has 0 aromatic heterocycles. The minimum Gasteiger partial charge on any atom is -0.493 e. The van der Waals surface area contributed by atoms with Gasteiger partial charge in [0.05, 0.1) is 13.7 Å². The molecule has 1 heterocycles. The van der Waals surface area contributed by atoms with E-state index in [0.717, 1.165) is 4.47 Å². The fourth-order valence-corrected chi connectivity index (χ4v) is 2.34. The highest BCUT2D eigenvalue weighted by Crippen LogP contribution is 2.33. The molecular weight excluding hydrogens is 351 g/mol. The van der Waals surface area contributed by atoms with Gasteiger partial charge in [0.1, 0.15) is 18.3 Å². The molecule has 5 atom stereocenters. The van der Waals surface area contributed by atoms with Crippen LogP contribution in [0.5, 0.6) is 11.5 Å². The van der Waals surface area contributed by atoms with Gasteiger partial charge >= 0.3 is 0 Å². The Balaban J connectivity index is 2.18. The second-order valence-electron chi connectivity index (χ2n) is 4.56. The van der Waals surface area contributed by atoms with Crippen LogP contribution in [0.15, 0.2) is 22.7 Å². The van der Waals surface area contributed by atoms with Gasteiger partial charge < -0.3 is 29.5 Å². The molecule has 1 saturated heterocycles. The number of hydrogen-bond acceptors (Lipinski definition) is 6. The van der Waals surface area contributed by atoms with Crippen molar-refractivity contribution in [1.82, 2.24) is 0 Å². The van der Waals surface area contributed by atoms with Crippen LogP contribution in [0.25, 0.3) is 0 Å². The summed E-state index contributed by atoms with van der Waals surface area (Å²) in [6.07, 6.45) is -7.77. The first-order chi connectivity index (χ1) is 9.97. The lowest BCUT2D eigenvalue weighted by molar-refractivity contribution is -0.262. The van der Waals surface area contributed by atoms with Crippen molar-refractivity contribution in [3.8, 4) is 11.5 Å².